The Morgan fingerprint density at radius 3 is 2.91 bits per heavy atom. The lowest BCUT2D eigenvalue weighted by atomic mass is 10.3. The fraction of sp³-hybridized carbons (Fsp3) is 0. The smallest absolute Gasteiger partial charge is 0.0912 e. The van der Waals surface area contributed by atoms with Gasteiger partial charge in [0.1, 0.15) is 0 Å². The predicted molar refractivity (Wildman–Crippen MR) is 43.9 cm³/mol. The average molecular weight is 165 g/mol. The Morgan fingerprint density at radius 2 is 2.36 bits per heavy atom. The lowest BCUT2D eigenvalue weighted by molar-refractivity contribution is 1.30. The van der Waals surface area contributed by atoms with Gasteiger partial charge in [-0.3, -0.25) is 4.98 Å². The minimum absolute atomic E-state index is 0.596. The van der Waals surface area contributed by atoms with E-state index in [1.54, 1.807) is 24.4 Å². The fourth-order valence-electron chi connectivity index (χ4n) is 0.608. The van der Waals surface area contributed by atoms with Crippen molar-refractivity contribution in [1.29, 1.82) is 5.26 Å². The number of halogens is 1. The Labute approximate surface area is 69.8 Å². The van der Waals surface area contributed by atoms with Crippen LogP contribution in [0.1, 0.15) is 5.69 Å². The summed E-state index contributed by atoms with van der Waals surface area (Å²) in [5, 5.41) is 8.79. The molecule has 1 rings (SSSR count). The van der Waals surface area contributed by atoms with E-state index in [9.17, 15) is 0 Å². The zero-order valence-corrected chi connectivity index (χ0v) is 6.42. The molecule has 2 nitrogen and oxygen atoms in total. The molecule has 1 aromatic heterocycles. The van der Waals surface area contributed by atoms with E-state index in [0.717, 1.165) is 5.69 Å². The van der Waals surface area contributed by atoms with Gasteiger partial charge in [-0.2, -0.15) is 5.26 Å². The van der Waals surface area contributed by atoms with Crippen molar-refractivity contribution in [3.8, 4) is 6.07 Å². The van der Waals surface area contributed by atoms with Gasteiger partial charge in [-0.05, 0) is 18.2 Å². The summed E-state index contributed by atoms with van der Waals surface area (Å²) < 4.78 is 0. The Balaban J connectivity index is 2.84. The molecule has 0 unspecified atom stereocenters. The first kappa shape index (κ1) is 7.77. The topological polar surface area (TPSA) is 36.7 Å². The van der Waals surface area contributed by atoms with Gasteiger partial charge in [0.2, 0.25) is 0 Å². The Bertz CT molecular complexity index is 295. The van der Waals surface area contributed by atoms with Crippen LogP contribution in [0.5, 0.6) is 0 Å². The lowest BCUT2D eigenvalue weighted by Gasteiger charge is -1.89. The molecule has 0 atom stereocenters. The monoisotopic (exact) mass is 164 g/mol. The number of allylic oxidation sites excluding steroid dienone is 1. The lowest BCUT2D eigenvalue weighted by Crippen LogP contribution is -1.77. The van der Waals surface area contributed by atoms with Gasteiger partial charge in [-0.15, -0.1) is 0 Å². The molecular weight excluding hydrogens is 160 g/mol. The van der Waals surface area contributed by atoms with Gasteiger partial charge in [0, 0.05) is 12.3 Å². The zero-order valence-electron chi connectivity index (χ0n) is 5.66. The van der Waals surface area contributed by atoms with E-state index in [0.29, 0.717) is 5.02 Å². The number of pyridine rings is 1. The summed E-state index contributed by atoms with van der Waals surface area (Å²) in [6.07, 6.45) is 4.53. The highest BCUT2D eigenvalue weighted by Crippen LogP contribution is 2.06. The zero-order chi connectivity index (χ0) is 8.10. The molecule has 0 aromatic carbocycles. The van der Waals surface area contributed by atoms with Crippen LogP contribution in [0.15, 0.2) is 24.4 Å². The number of aromatic nitrogens is 1. The molecule has 0 aliphatic heterocycles. The molecule has 0 bridgehead atoms. The van der Waals surface area contributed by atoms with Crippen molar-refractivity contribution in [3.63, 3.8) is 0 Å². The van der Waals surface area contributed by atoms with E-state index in [1.807, 2.05) is 6.07 Å². The molecule has 0 aliphatic rings. The van der Waals surface area contributed by atoms with Crippen molar-refractivity contribution < 1.29 is 0 Å². The summed E-state index contributed by atoms with van der Waals surface area (Å²) in [4.78, 5) is 3.95. The Morgan fingerprint density at radius 1 is 1.55 bits per heavy atom. The molecular formula is C8H5ClN2. The highest BCUT2D eigenvalue weighted by Gasteiger charge is 1.87. The first-order valence-corrected chi connectivity index (χ1v) is 3.38. The molecule has 0 amide bonds. The molecule has 0 radical (unpaired) electrons. The van der Waals surface area contributed by atoms with E-state index in [4.69, 9.17) is 16.9 Å². The van der Waals surface area contributed by atoms with Crippen molar-refractivity contribution >= 4 is 17.7 Å². The quantitative estimate of drug-likeness (QED) is 0.597. The first-order valence-electron chi connectivity index (χ1n) is 3.00. The van der Waals surface area contributed by atoms with Crippen LogP contribution in [0.4, 0.5) is 0 Å². The SMILES string of the molecule is N#CC=Cc1ccc(Cl)cn1. The van der Waals surface area contributed by atoms with E-state index in [2.05, 4.69) is 4.98 Å². The van der Waals surface area contributed by atoms with Gasteiger partial charge in [0.05, 0.1) is 16.8 Å². The minimum Gasteiger partial charge on any atom is -0.255 e. The first-order chi connectivity index (χ1) is 5.33. The van der Waals surface area contributed by atoms with Crippen LogP contribution >= 0.6 is 11.6 Å². The number of hydrogen-bond donors (Lipinski definition) is 0. The van der Waals surface area contributed by atoms with Crippen LogP contribution in [0, 0.1) is 11.3 Å². The predicted octanol–water partition coefficient (Wildman–Crippen LogP) is 2.27. The van der Waals surface area contributed by atoms with Gasteiger partial charge in [0.15, 0.2) is 0 Å². The van der Waals surface area contributed by atoms with Crippen LogP contribution in [-0.2, 0) is 0 Å². The molecule has 11 heavy (non-hydrogen) atoms. The van der Waals surface area contributed by atoms with Crippen LogP contribution in [0.25, 0.3) is 6.08 Å². The second-order valence-corrected chi connectivity index (χ2v) is 2.30. The molecule has 0 fully saturated rings. The molecule has 3 heteroatoms. The highest BCUT2D eigenvalue weighted by molar-refractivity contribution is 6.30. The van der Waals surface area contributed by atoms with Crippen molar-refractivity contribution in [1.82, 2.24) is 4.98 Å². The van der Waals surface area contributed by atoms with Gasteiger partial charge >= 0.3 is 0 Å². The molecule has 0 N–H and O–H groups in total. The largest absolute Gasteiger partial charge is 0.255 e. The molecule has 0 saturated heterocycles. The second-order valence-electron chi connectivity index (χ2n) is 1.86. The number of rotatable bonds is 1. The van der Waals surface area contributed by atoms with Gasteiger partial charge in [-0.25, -0.2) is 0 Å². The Kier molecular flexibility index (Phi) is 2.65. The van der Waals surface area contributed by atoms with E-state index in [1.165, 1.54) is 6.08 Å². The summed E-state index contributed by atoms with van der Waals surface area (Å²) in [5.41, 5.74) is 0.732. The second kappa shape index (κ2) is 3.75. The number of nitriles is 1. The third-order valence-electron chi connectivity index (χ3n) is 1.08. The third-order valence-corrected chi connectivity index (χ3v) is 1.30. The Hall–Kier alpha value is -1.33. The van der Waals surface area contributed by atoms with Crippen molar-refractivity contribution in [2.24, 2.45) is 0 Å². The van der Waals surface area contributed by atoms with Crippen LogP contribution in [-0.4, -0.2) is 4.98 Å². The van der Waals surface area contributed by atoms with Crippen LogP contribution < -0.4 is 0 Å². The molecule has 54 valence electrons. The normalized spacial score (nSPS) is 9.82. The summed E-state index contributed by atoms with van der Waals surface area (Å²) in [5.74, 6) is 0. The number of nitrogens with zero attached hydrogens (tertiary/aromatic N) is 2. The van der Waals surface area contributed by atoms with Crippen molar-refractivity contribution in [3.05, 3.63) is 35.1 Å². The third kappa shape index (κ3) is 2.40. The van der Waals surface area contributed by atoms with Crippen LogP contribution in [0.2, 0.25) is 5.02 Å². The minimum atomic E-state index is 0.596. The maximum absolute atomic E-state index is 8.19. The van der Waals surface area contributed by atoms with Crippen molar-refractivity contribution in [2.45, 2.75) is 0 Å². The van der Waals surface area contributed by atoms with E-state index < -0.39 is 0 Å². The molecule has 0 saturated carbocycles. The summed E-state index contributed by atoms with van der Waals surface area (Å²) in [6, 6.07) is 5.35. The van der Waals surface area contributed by atoms with Gasteiger partial charge < -0.3 is 0 Å². The van der Waals surface area contributed by atoms with E-state index >= 15 is 0 Å². The maximum Gasteiger partial charge on any atom is 0.0912 e. The van der Waals surface area contributed by atoms with E-state index in [-0.39, 0.29) is 0 Å². The van der Waals surface area contributed by atoms with Crippen molar-refractivity contribution in [2.75, 3.05) is 0 Å². The molecule has 0 aliphatic carbocycles. The summed E-state index contributed by atoms with van der Waals surface area (Å²) >= 11 is 5.59. The maximum atomic E-state index is 8.19. The standard InChI is InChI=1S/C8H5ClN2/c9-7-3-4-8(11-6-7)2-1-5-10/h1-4,6H. The molecule has 0 spiro atoms. The molecule has 1 heterocycles. The van der Waals surface area contributed by atoms with Gasteiger partial charge in [0.25, 0.3) is 0 Å². The van der Waals surface area contributed by atoms with Crippen LogP contribution in [0.3, 0.4) is 0 Å². The summed E-state index contributed by atoms with van der Waals surface area (Å²) in [7, 11) is 0. The summed E-state index contributed by atoms with van der Waals surface area (Å²) in [6.45, 7) is 0. The highest BCUT2D eigenvalue weighted by atomic mass is 35.5. The molecule has 1 aromatic rings. The number of hydrogen-bond acceptors (Lipinski definition) is 2. The fourth-order valence-corrected chi connectivity index (χ4v) is 0.720. The van der Waals surface area contributed by atoms with Gasteiger partial charge in [-0.1, -0.05) is 11.6 Å². The average Bonchev–Trinajstić information content (AvgIpc) is 2.04.